The maximum atomic E-state index is 4.17. The molecule has 0 amide bonds. The first-order chi connectivity index (χ1) is 9.74. The summed E-state index contributed by atoms with van der Waals surface area (Å²) in [5.41, 5.74) is 5.13. The molecule has 1 heterocycles. The van der Waals surface area contributed by atoms with Crippen molar-refractivity contribution in [2.75, 3.05) is 5.32 Å². The second-order valence-corrected chi connectivity index (χ2v) is 5.19. The van der Waals surface area contributed by atoms with E-state index in [1.165, 1.54) is 27.5 Å². The number of hydrogen-bond acceptors (Lipinski definition) is 2. The highest BCUT2D eigenvalue weighted by Crippen LogP contribution is 2.23. The number of pyridine rings is 1. The van der Waals surface area contributed by atoms with Crippen LogP contribution in [0.1, 0.15) is 16.7 Å². The third kappa shape index (κ3) is 2.50. The highest BCUT2D eigenvalue weighted by atomic mass is 14.9. The van der Waals surface area contributed by atoms with E-state index >= 15 is 0 Å². The highest BCUT2D eigenvalue weighted by molar-refractivity contribution is 5.93. The summed E-state index contributed by atoms with van der Waals surface area (Å²) in [6.45, 7) is 5.13. The first-order valence-corrected chi connectivity index (χ1v) is 6.87. The van der Waals surface area contributed by atoms with E-state index in [1.807, 2.05) is 12.4 Å². The molecule has 0 bridgehead atoms. The Morgan fingerprint density at radius 2 is 1.95 bits per heavy atom. The summed E-state index contributed by atoms with van der Waals surface area (Å²) in [5.74, 6) is 0. The number of benzene rings is 2. The molecule has 0 fully saturated rings. The molecule has 1 N–H and O–H groups in total. The van der Waals surface area contributed by atoms with Gasteiger partial charge in [-0.2, -0.15) is 0 Å². The normalized spacial score (nSPS) is 10.7. The Hall–Kier alpha value is -2.35. The van der Waals surface area contributed by atoms with Gasteiger partial charge in [-0.3, -0.25) is 4.98 Å². The number of aryl methyl sites for hydroxylation is 2. The van der Waals surface area contributed by atoms with Crippen molar-refractivity contribution in [2.24, 2.45) is 0 Å². The van der Waals surface area contributed by atoms with E-state index in [-0.39, 0.29) is 0 Å². The van der Waals surface area contributed by atoms with Crippen LogP contribution in [0, 0.1) is 13.8 Å². The third-order valence-electron chi connectivity index (χ3n) is 3.65. The maximum Gasteiger partial charge on any atom is 0.0423 e. The molecule has 0 spiro atoms. The summed E-state index contributed by atoms with van der Waals surface area (Å²) in [5, 5.41) is 5.93. The minimum atomic E-state index is 0.842. The fourth-order valence-corrected chi connectivity index (χ4v) is 2.46. The van der Waals surface area contributed by atoms with Crippen LogP contribution < -0.4 is 5.32 Å². The van der Waals surface area contributed by atoms with Gasteiger partial charge in [0.25, 0.3) is 0 Å². The lowest BCUT2D eigenvalue weighted by atomic mass is 10.1. The molecule has 0 aliphatic rings. The molecule has 0 aliphatic heterocycles. The van der Waals surface area contributed by atoms with Crippen molar-refractivity contribution in [3.05, 3.63) is 71.5 Å². The van der Waals surface area contributed by atoms with Crippen LogP contribution in [0.4, 0.5) is 5.69 Å². The standard InChI is InChI=1S/C18H18N2/c1-13-6-7-14(2)16(10-13)12-20-18-5-3-4-15-11-19-9-8-17(15)18/h3-11,20H,12H2,1-2H3. The van der Waals surface area contributed by atoms with E-state index in [2.05, 4.69) is 66.6 Å². The van der Waals surface area contributed by atoms with Crippen LogP contribution in [-0.4, -0.2) is 4.98 Å². The van der Waals surface area contributed by atoms with Gasteiger partial charge >= 0.3 is 0 Å². The van der Waals surface area contributed by atoms with Crippen molar-refractivity contribution >= 4 is 16.5 Å². The molecule has 2 aromatic carbocycles. The molecule has 0 aliphatic carbocycles. The minimum absolute atomic E-state index is 0.842. The molecule has 0 radical (unpaired) electrons. The SMILES string of the molecule is Cc1ccc(C)c(CNc2cccc3cnccc23)c1. The molecule has 1 aromatic heterocycles. The highest BCUT2D eigenvalue weighted by Gasteiger charge is 2.02. The lowest BCUT2D eigenvalue weighted by molar-refractivity contribution is 1.11. The van der Waals surface area contributed by atoms with Crippen molar-refractivity contribution in [3.63, 3.8) is 0 Å². The van der Waals surface area contributed by atoms with Gasteiger partial charge in [0, 0.05) is 35.4 Å². The van der Waals surface area contributed by atoms with Crippen molar-refractivity contribution in [2.45, 2.75) is 20.4 Å². The molecular weight excluding hydrogens is 244 g/mol. The van der Waals surface area contributed by atoms with E-state index < -0.39 is 0 Å². The van der Waals surface area contributed by atoms with Crippen molar-refractivity contribution in [1.29, 1.82) is 0 Å². The largest absolute Gasteiger partial charge is 0.380 e. The maximum absolute atomic E-state index is 4.17. The molecule has 100 valence electrons. The monoisotopic (exact) mass is 262 g/mol. The second kappa shape index (κ2) is 5.33. The summed E-state index contributed by atoms with van der Waals surface area (Å²) in [6, 6.07) is 14.9. The molecule has 2 heteroatoms. The predicted molar refractivity (Wildman–Crippen MR) is 85.0 cm³/mol. The zero-order valence-electron chi connectivity index (χ0n) is 11.9. The summed E-state index contributed by atoms with van der Waals surface area (Å²) < 4.78 is 0. The number of nitrogens with zero attached hydrogens (tertiary/aromatic N) is 1. The van der Waals surface area contributed by atoms with Crippen LogP contribution >= 0.6 is 0 Å². The van der Waals surface area contributed by atoms with Crippen molar-refractivity contribution in [3.8, 4) is 0 Å². The Labute approximate surface area is 119 Å². The summed E-state index contributed by atoms with van der Waals surface area (Å²) in [7, 11) is 0. The Bertz CT molecular complexity index is 742. The molecule has 20 heavy (non-hydrogen) atoms. The van der Waals surface area contributed by atoms with Gasteiger partial charge in [-0.25, -0.2) is 0 Å². The molecule has 0 atom stereocenters. The van der Waals surface area contributed by atoms with E-state index in [0.29, 0.717) is 0 Å². The first kappa shape index (κ1) is 12.7. The number of aromatic nitrogens is 1. The molecule has 0 saturated carbocycles. The Kier molecular flexibility index (Phi) is 3.38. The van der Waals surface area contributed by atoms with Gasteiger partial charge in [0.2, 0.25) is 0 Å². The van der Waals surface area contributed by atoms with Crippen LogP contribution in [0.15, 0.2) is 54.9 Å². The quantitative estimate of drug-likeness (QED) is 0.753. The predicted octanol–water partition coefficient (Wildman–Crippen LogP) is 4.46. The van der Waals surface area contributed by atoms with Gasteiger partial charge in [0.1, 0.15) is 0 Å². The Morgan fingerprint density at radius 1 is 1.05 bits per heavy atom. The number of rotatable bonds is 3. The molecule has 3 aromatic rings. The summed E-state index contributed by atoms with van der Waals surface area (Å²) in [4.78, 5) is 4.17. The number of hydrogen-bond donors (Lipinski definition) is 1. The number of fused-ring (bicyclic) bond motifs is 1. The van der Waals surface area contributed by atoms with E-state index in [0.717, 1.165) is 12.2 Å². The van der Waals surface area contributed by atoms with Crippen LogP contribution in [0.25, 0.3) is 10.8 Å². The lowest BCUT2D eigenvalue weighted by Crippen LogP contribution is -2.02. The Morgan fingerprint density at radius 3 is 2.85 bits per heavy atom. The molecule has 0 saturated heterocycles. The number of anilines is 1. The van der Waals surface area contributed by atoms with Gasteiger partial charge in [0.15, 0.2) is 0 Å². The topological polar surface area (TPSA) is 24.9 Å². The summed E-state index contributed by atoms with van der Waals surface area (Å²) >= 11 is 0. The second-order valence-electron chi connectivity index (χ2n) is 5.19. The van der Waals surface area contributed by atoms with Crippen LogP contribution in [0.3, 0.4) is 0 Å². The van der Waals surface area contributed by atoms with Crippen molar-refractivity contribution < 1.29 is 0 Å². The number of nitrogens with one attached hydrogen (secondary N) is 1. The van der Waals surface area contributed by atoms with Crippen LogP contribution in [0.5, 0.6) is 0 Å². The van der Waals surface area contributed by atoms with Gasteiger partial charge in [0.05, 0.1) is 0 Å². The smallest absolute Gasteiger partial charge is 0.0423 e. The van der Waals surface area contributed by atoms with Gasteiger partial charge in [-0.05, 0) is 37.1 Å². The zero-order chi connectivity index (χ0) is 13.9. The zero-order valence-corrected chi connectivity index (χ0v) is 11.9. The lowest BCUT2D eigenvalue weighted by Gasteiger charge is -2.12. The molecule has 2 nitrogen and oxygen atoms in total. The van der Waals surface area contributed by atoms with Crippen LogP contribution in [0.2, 0.25) is 0 Å². The average molecular weight is 262 g/mol. The van der Waals surface area contributed by atoms with E-state index in [9.17, 15) is 0 Å². The van der Waals surface area contributed by atoms with E-state index in [4.69, 9.17) is 0 Å². The van der Waals surface area contributed by atoms with Gasteiger partial charge in [-0.1, -0.05) is 35.9 Å². The van der Waals surface area contributed by atoms with E-state index in [1.54, 1.807) is 0 Å². The molecular formula is C18H18N2. The van der Waals surface area contributed by atoms with Gasteiger partial charge < -0.3 is 5.32 Å². The first-order valence-electron chi connectivity index (χ1n) is 6.87. The molecule has 0 unspecified atom stereocenters. The molecule has 3 rings (SSSR count). The minimum Gasteiger partial charge on any atom is -0.380 e. The van der Waals surface area contributed by atoms with Gasteiger partial charge in [-0.15, -0.1) is 0 Å². The van der Waals surface area contributed by atoms with Crippen LogP contribution in [-0.2, 0) is 6.54 Å². The third-order valence-corrected chi connectivity index (χ3v) is 3.65. The average Bonchev–Trinajstić information content (AvgIpc) is 2.48. The fourth-order valence-electron chi connectivity index (χ4n) is 2.46. The summed E-state index contributed by atoms with van der Waals surface area (Å²) in [6.07, 6.45) is 3.74. The fraction of sp³-hybridized carbons (Fsp3) is 0.167. The Balaban J connectivity index is 1.89. The van der Waals surface area contributed by atoms with Crippen molar-refractivity contribution in [1.82, 2.24) is 4.98 Å².